The molecule has 1 amide bonds. The van der Waals surface area contributed by atoms with Gasteiger partial charge in [0.15, 0.2) is 0 Å². The fourth-order valence-electron chi connectivity index (χ4n) is 1.13. The maximum atomic E-state index is 11.0. The smallest absolute Gasteiger partial charge is 0.248 e. The maximum Gasteiger partial charge on any atom is 0.248 e. The lowest BCUT2D eigenvalue weighted by molar-refractivity contribution is -0.147. The number of rotatable bonds is 2. The van der Waals surface area contributed by atoms with E-state index in [2.05, 4.69) is 0 Å². The molecule has 1 heterocycles. The van der Waals surface area contributed by atoms with Crippen molar-refractivity contribution in [3.63, 3.8) is 0 Å². The van der Waals surface area contributed by atoms with E-state index in [0.717, 1.165) is 6.54 Å². The average molecular weight is 158 g/mol. The van der Waals surface area contributed by atoms with Crippen molar-refractivity contribution < 1.29 is 9.53 Å². The molecule has 0 aromatic carbocycles. The molecule has 0 aromatic heterocycles. The van der Waals surface area contributed by atoms with Gasteiger partial charge in [0.1, 0.15) is 6.61 Å². The van der Waals surface area contributed by atoms with Crippen LogP contribution in [0.3, 0.4) is 0 Å². The highest BCUT2D eigenvalue weighted by atomic mass is 16.5. The second-order valence-corrected chi connectivity index (χ2v) is 2.60. The minimum absolute atomic E-state index is 0.0349. The molecule has 0 radical (unpaired) electrons. The van der Waals surface area contributed by atoms with Crippen molar-refractivity contribution in [1.82, 2.24) is 4.90 Å². The summed E-state index contributed by atoms with van der Waals surface area (Å²) in [5.74, 6) is 0.0669. The van der Waals surface area contributed by atoms with Crippen LogP contribution in [0.1, 0.15) is 6.92 Å². The summed E-state index contributed by atoms with van der Waals surface area (Å²) in [6.07, 6.45) is 0.0349. The number of carbonyl (C=O) groups is 1. The predicted molar refractivity (Wildman–Crippen MR) is 41.0 cm³/mol. The van der Waals surface area contributed by atoms with Gasteiger partial charge >= 0.3 is 0 Å². The summed E-state index contributed by atoms with van der Waals surface area (Å²) in [6.45, 7) is 4.03. The van der Waals surface area contributed by atoms with Gasteiger partial charge in [0.2, 0.25) is 5.91 Å². The summed E-state index contributed by atoms with van der Waals surface area (Å²) < 4.78 is 5.16. The van der Waals surface area contributed by atoms with Gasteiger partial charge in [0.05, 0.1) is 6.10 Å². The standard InChI is InChI=1S/C7H14N2O2/c1-2-9-4-6(3-8)11-5-7(9)10/h6H,2-5,8H2,1H3. The molecule has 0 bridgehead atoms. The first-order valence-corrected chi connectivity index (χ1v) is 3.87. The van der Waals surface area contributed by atoms with Gasteiger partial charge < -0.3 is 15.4 Å². The lowest BCUT2D eigenvalue weighted by atomic mass is 10.2. The third-order valence-electron chi connectivity index (χ3n) is 1.86. The minimum Gasteiger partial charge on any atom is -0.365 e. The first kappa shape index (κ1) is 8.49. The first-order chi connectivity index (χ1) is 5.27. The topological polar surface area (TPSA) is 55.6 Å². The van der Waals surface area contributed by atoms with E-state index in [1.165, 1.54) is 0 Å². The molecule has 4 heteroatoms. The summed E-state index contributed by atoms with van der Waals surface area (Å²) in [4.78, 5) is 12.8. The van der Waals surface area contributed by atoms with Crippen LogP contribution >= 0.6 is 0 Å². The number of morpholine rings is 1. The van der Waals surface area contributed by atoms with Crippen molar-refractivity contribution in [3.8, 4) is 0 Å². The van der Waals surface area contributed by atoms with E-state index in [1.54, 1.807) is 4.90 Å². The molecule has 1 aliphatic rings. The predicted octanol–water partition coefficient (Wildman–Crippen LogP) is -0.808. The van der Waals surface area contributed by atoms with Gasteiger partial charge in [-0.05, 0) is 6.92 Å². The zero-order chi connectivity index (χ0) is 8.27. The molecule has 4 nitrogen and oxygen atoms in total. The Labute approximate surface area is 66.3 Å². The Morgan fingerprint density at radius 3 is 3.09 bits per heavy atom. The number of ether oxygens (including phenoxy) is 1. The Balaban J connectivity index is 2.44. The molecule has 1 saturated heterocycles. The molecule has 11 heavy (non-hydrogen) atoms. The minimum atomic E-state index is 0.0349. The molecule has 1 rings (SSSR count). The highest BCUT2D eigenvalue weighted by Crippen LogP contribution is 2.04. The van der Waals surface area contributed by atoms with Crippen LogP contribution in [0.15, 0.2) is 0 Å². The van der Waals surface area contributed by atoms with Crippen LogP contribution in [0, 0.1) is 0 Å². The van der Waals surface area contributed by atoms with E-state index in [1.807, 2.05) is 6.92 Å². The summed E-state index contributed by atoms with van der Waals surface area (Å²) in [5.41, 5.74) is 5.40. The fraction of sp³-hybridized carbons (Fsp3) is 0.857. The Bertz CT molecular complexity index is 149. The number of nitrogens with zero attached hydrogens (tertiary/aromatic N) is 1. The lowest BCUT2D eigenvalue weighted by Gasteiger charge is -2.31. The van der Waals surface area contributed by atoms with Gasteiger partial charge in [-0.15, -0.1) is 0 Å². The monoisotopic (exact) mass is 158 g/mol. The second kappa shape index (κ2) is 3.69. The lowest BCUT2D eigenvalue weighted by Crippen LogP contribution is -2.48. The van der Waals surface area contributed by atoms with Crippen LogP contribution in [0.25, 0.3) is 0 Å². The molecule has 0 aliphatic carbocycles. The first-order valence-electron chi connectivity index (χ1n) is 3.87. The molecule has 64 valence electrons. The van der Waals surface area contributed by atoms with Crippen molar-refractivity contribution in [1.29, 1.82) is 0 Å². The van der Waals surface area contributed by atoms with Gasteiger partial charge in [-0.2, -0.15) is 0 Å². The Kier molecular flexibility index (Phi) is 2.84. The third-order valence-corrected chi connectivity index (χ3v) is 1.86. The van der Waals surface area contributed by atoms with Crippen molar-refractivity contribution >= 4 is 5.91 Å². The zero-order valence-corrected chi connectivity index (χ0v) is 6.75. The third kappa shape index (κ3) is 1.91. The highest BCUT2D eigenvalue weighted by molar-refractivity contribution is 5.78. The summed E-state index contributed by atoms with van der Waals surface area (Å²) in [7, 11) is 0. The molecule has 0 aromatic rings. The Hall–Kier alpha value is -0.610. The fourth-order valence-corrected chi connectivity index (χ4v) is 1.13. The molecule has 2 N–H and O–H groups in total. The van der Waals surface area contributed by atoms with E-state index in [4.69, 9.17) is 10.5 Å². The van der Waals surface area contributed by atoms with Gasteiger partial charge in [-0.1, -0.05) is 0 Å². The molecule has 0 spiro atoms. The second-order valence-electron chi connectivity index (χ2n) is 2.60. The van der Waals surface area contributed by atoms with Crippen LogP contribution in [0.4, 0.5) is 0 Å². The van der Waals surface area contributed by atoms with E-state index in [-0.39, 0.29) is 18.6 Å². The summed E-state index contributed by atoms with van der Waals surface area (Å²) in [6, 6.07) is 0. The van der Waals surface area contributed by atoms with Gasteiger partial charge in [-0.25, -0.2) is 0 Å². The van der Waals surface area contributed by atoms with E-state index < -0.39 is 0 Å². The van der Waals surface area contributed by atoms with Gasteiger partial charge in [0, 0.05) is 19.6 Å². The quantitative estimate of drug-likeness (QED) is 0.572. The zero-order valence-electron chi connectivity index (χ0n) is 6.75. The molecule has 0 saturated carbocycles. The van der Waals surface area contributed by atoms with E-state index >= 15 is 0 Å². The van der Waals surface area contributed by atoms with Crippen LogP contribution < -0.4 is 5.73 Å². The Morgan fingerprint density at radius 1 is 1.82 bits per heavy atom. The van der Waals surface area contributed by atoms with Crippen molar-refractivity contribution in [2.75, 3.05) is 26.2 Å². The van der Waals surface area contributed by atoms with Gasteiger partial charge in [0.25, 0.3) is 0 Å². The molecule has 1 aliphatic heterocycles. The number of nitrogens with two attached hydrogens (primary N) is 1. The molecule has 1 atom stereocenters. The SMILES string of the molecule is CCN1CC(CN)OCC1=O. The molecular formula is C7H14N2O2. The number of likely N-dealkylation sites (N-methyl/N-ethyl adjacent to an activating group) is 1. The number of hydrogen-bond donors (Lipinski definition) is 1. The van der Waals surface area contributed by atoms with E-state index in [9.17, 15) is 4.79 Å². The Morgan fingerprint density at radius 2 is 2.55 bits per heavy atom. The molecule has 1 fully saturated rings. The van der Waals surface area contributed by atoms with Crippen molar-refractivity contribution in [2.24, 2.45) is 5.73 Å². The molecule has 1 unspecified atom stereocenters. The van der Waals surface area contributed by atoms with Crippen molar-refractivity contribution in [2.45, 2.75) is 13.0 Å². The largest absolute Gasteiger partial charge is 0.365 e. The number of hydrogen-bond acceptors (Lipinski definition) is 3. The maximum absolute atomic E-state index is 11.0. The van der Waals surface area contributed by atoms with E-state index in [0.29, 0.717) is 13.1 Å². The molecular weight excluding hydrogens is 144 g/mol. The summed E-state index contributed by atoms with van der Waals surface area (Å²) in [5, 5.41) is 0. The van der Waals surface area contributed by atoms with Gasteiger partial charge in [-0.3, -0.25) is 4.79 Å². The normalized spacial score (nSPS) is 25.8. The number of carbonyl (C=O) groups excluding carboxylic acids is 1. The van der Waals surface area contributed by atoms with Crippen LogP contribution in [-0.2, 0) is 9.53 Å². The average Bonchev–Trinajstić information content (AvgIpc) is 2.05. The number of amides is 1. The van der Waals surface area contributed by atoms with Crippen LogP contribution in [0.2, 0.25) is 0 Å². The van der Waals surface area contributed by atoms with Crippen LogP contribution in [0.5, 0.6) is 0 Å². The van der Waals surface area contributed by atoms with Crippen molar-refractivity contribution in [3.05, 3.63) is 0 Å². The van der Waals surface area contributed by atoms with Crippen LogP contribution in [-0.4, -0.2) is 43.2 Å². The highest BCUT2D eigenvalue weighted by Gasteiger charge is 2.23. The summed E-state index contributed by atoms with van der Waals surface area (Å²) >= 11 is 0.